The molecule has 0 fully saturated rings. The van der Waals surface area contributed by atoms with E-state index in [0.717, 1.165) is 23.5 Å². The van der Waals surface area contributed by atoms with Gasteiger partial charge in [0.05, 0.1) is 18.0 Å². The number of halogens is 4. The molecule has 3 nitrogen and oxygen atoms in total. The average Bonchev–Trinajstić information content (AvgIpc) is 3.13. The summed E-state index contributed by atoms with van der Waals surface area (Å²) in [6, 6.07) is 14.2. The Balaban J connectivity index is 1.90. The molecule has 4 rings (SSSR count). The van der Waals surface area contributed by atoms with Crippen molar-refractivity contribution in [2.45, 2.75) is 12.3 Å². The van der Waals surface area contributed by atoms with Crippen LogP contribution in [0.3, 0.4) is 0 Å². The minimum Gasteiger partial charge on any atom is -0.481 e. The lowest BCUT2D eigenvalue weighted by Gasteiger charge is -2.16. The second-order valence-electron chi connectivity index (χ2n) is 7.09. The van der Waals surface area contributed by atoms with Gasteiger partial charge in [-0.25, -0.2) is 22.5 Å². The van der Waals surface area contributed by atoms with Crippen molar-refractivity contribution in [3.8, 4) is 11.3 Å². The first-order valence-corrected chi connectivity index (χ1v) is 10.3. The van der Waals surface area contributed by atoms with Gasteiger partial charge in [0.2, 0.25) is 0 Å². The second-order valence-corrected chi connectivity index (χ2v) is 8.20. The highest BCUT2D eigenvalue weighted by molar-refractivity contribution is 7.12. The van der Waals surface area contributed by atoms with Crippen LogP contribution >= 0.6 is 11.3 Å². The molecule has 0 bridgehead atoms. The number of carboxylic acids is 1. The van der Waals surface area contributed by atoms with Crippen LogP contribution in [0.1, 0.15) is 26.9 Å². The first-order valence-electron chi connectivity index (χ1n) is 9.49. The van der Waals surface area contributed by atoms with E-state index >= 15 is 0 Å². The molecule has 0 atom stereocenters. The summed E-state index contributed by atoms with van der Waals surface area (Å²) in [5.74, 6) is -4.20. The molecule has 0 radical (unpaired) electrons. The van der Waals surface area contributed by atoms with E-state index in [4.69, 9.17) is 0 Å². The summed E-state index contributed by atoms with van der Waals surface area (Å²) in [6.07, 6.45) is -0.398. The molecule has 162 valence electrons. The van der Waals surface area contributed by atoms with Crippen molar-refractivity contribution < 1.29 is 27.5 Å². The molecule has 1 aromatic heterocycles. The van der Waals surface area contributed by atoms with E-state index in [1.54, 1.807) is 24.3 Å². The number of carboxylic acid groups (broad SMARTS) is 1. The van der Waals surface area contributed by atoms with Gasteiger partial charge < -0.3 is 5.11 Å². The maximum atomic E-state index is 13.8. The van der Waals surface area contributed by atoms with Gasteiger partial charge in [0, 0.05) is 16.5 Å². The monoisotopic (exact) mass is 457 g/mol. The zero-order valence-electron chi connectivity index (χ0n) is 16.4. The minimum atomic E-state index is -1.13. The number of carbonyl (C=O) groups is 1. The Morgan fingerprint density at radius 1 is 0.812 bits per heavy atom. The maximum Gasteiger partial charge on any atom is 0.308 e. The Hall–Kier alpha value is -3.52. The van der Waals surface area contributed by atoms with E-state index < -0.39 is 41.6 Å². The van der Waals surface area contributed by atoms with E-state index in [0.29, 0.717) is 27.1 Å². The number of hydrogen-bond acceptors (Lipinski definition) is 3. The van der Waals surface area contributed by atoms with Crippen LogP contribution in [0.25, 0.3) is 11.3 Å². The molecule has 32 heavy (non-hydrogen) atoms. The number of aliphatic carboxylic acids is 1. The first kappa shape index (κ1) is 21.7. The van der Waals surface area contributed by atoms with E-state index in [-0.39, 0.29) is 11.3 Å². The Labute approximate surface area is 184 Å². The second kappa shape index (κ2) is 8.92. The third-order valence-corrected chi connectivity index (χ3v) is 5.94. The van der Waals surface area contributed by atoms with E-state index in [2.05, 4.69) is 4.98 Å². The summed E-state index contributed by atoms with van der Waals surface area (Å²) in [7, 11) is 0. The standard InChI is InChI=1S/C24H15F4NO2S/c25-16-5-1-13(2-6-16)22(14-3-7-17(26)8-4-14)24-29-23(20(32-24)12-21(30)31)15-9-18(27)11-19(28)10-15/h1-11,22H,12H2,(H,30,31). The molecule has 0 spiro atoms. The van der Waals surface area contributed by atoms with Crippen LogP contribution in [0, 0.1) is 23.3 Å². The molecule has 0 saturated carbocycles. The molecular formula is C24H15F4NO2S. The highest BCUT2D eigenvalue weighted by Crippen LogP contribution is 2.39. The molecule has 3 aromatic carbocycles. The van der Waals surface area contributed by atoms with Crippen molar-refractivity contribution in [2.75, 3.05) is 0 Å². The minimum absolute atomic E-state index is 0.109. The van der Waals surface area contributed by atoms with Gasteiger partial charge in [-0.2, -0.15) is 0 Å². The maximum absolute atomic E-state index is 13.8. The number of benzene rings is 3. The molecule has 0 amide bonds. The molecule has 4 aromatic rings. The van der Waals surface area contributed by atoms with Crippen LogP contribution in [-0.4, -0.2) is 16.1 Å². The van der Waals surface area contributed by atoms with Crippen LogP contribution in [0.2, 0.25) is 0 Å². The van der Waals surface area contributed by atoms with Gasteiger partial charge in [-0.1, -0.05) is 24.3 Å². The fourth-order valence-corrected chi connectivity index (χ4v) is 4.69. The van der Waals surface area contributed by atoms with Crippen LogP contribution < -0.4 is 0 Å². The molecule has 8 heteroatoms. The van der Waals surface area contributed by atoms with Crippen molar-refractivity contribution in [3.05, 3.63) is 111 Å². The molecular weight excluding hydrogens is 442 g/mol. The fraction of sp³-hybridized carbons (Fsp3) is 0.0833. The molecule has 0 saturated heterocycles. The van der Waals surface area contributed by atoms with Gasteiger partial charge in [-0.05, 0) is 47.5 Å². The van der Waals surface area contributed by atoms with E-state index in [1.807, 2.05) is 0 Å². The zero-order chi connectivity index (χ0) is 22.8. The molecule has 0 unspecified atom stereocenters. The molecule has 0 aliphatic heterocycles. The molecule has 1 N–H and O–H groups in total. The summed E-state index contributed by atoms with van der Waals surface area (Å²) in [4.78, 5) is 16.3. The normalized spacial score (nSPS) is 11.2. The highest BCUT2D eigenvalue weighted by Gasteiger charge is 2.25. The number of rotatable bonds is 6. The highest BCUT2D eigenvalue weighted by atomic mass is 32.1. The summed E-state index contributed by atoms with van der Waals surface area (Å²) in [6.45, 7) is 0. The summed E-state index contributed by atoms with van der Waals surface area (Å²) in [5.41, 5.74) is 1.55. The molecule has 1 heterocycles. The van der Waals surface area contributed by atoms with E-state index in [9.17, 15) is 27.5 Å². The van der Waals surface area contributed by atoms with Gasteiger partial charge >= 0.3 is 5.97 Å². The topological polar surface area (TPSA) is 50.2 Å². The van der Waals surface area contributed by atoms with Crippen LogP contribution in [0.15, 0.2) is 66.7 Å². The number of thiazole rings is 1. The lowest BCUT2D eigenvalue weighted by Crippen LogP contribution is -2.03. The Kier molecular flexibility index (Phi) is 6.05. The molecule has 0 aliphatic rings. The van der Waals surface area contributed by atoms with Crippen molar-refractivity contribution in [1.29, 1.82) is 0 Å². The zero-order valence-corrected chi connectivity index (χ0v) is 17.2. The SMILES string of the molecule is O=C(O)Cc1sc(C(c2ccc(F)cc2)c2ccc(F)cc2)nc1-c1cc(F)cc(F)c1. The Morgan fingerprint density at radius 2 is 1.31 bits per heavy atom. The molecule has 0 aliphatic carbocycles. The number of hydrogen-bond donors (Lipinski definition) is 1. The smallest absolute Gasteiger partial charge is 0.308 e. The lowest BCUT2D eigenvalue weighted by atomic mass is 9.91. The van der Waals surface area contributed by atoms with Gasteiger partial charge in [-0.15, -0.1) is 11.3 Å². The van der Waals surface area contributed by atoms with Crippen molar-refractivity contribution in [2.24, 2.45) is 0 Å². The van der Waals surface area contributed by atoms with Crippen LogP contribution in [0.5, 0.6) is 0 Å². The Morgan fingerprint density at radius 3 is 1.78 bits per heavy atom. The van der Waals surface area contributed by atoms with Crippen molar-refractivity contribution in [1.82, 2.24) is 4.98 Å². The van der Waals surface area contributed by atoms with Gasteiger partial charge in [0.15, 0.2) is 0 Å². The lowest BCUT2D eigenvalue weighted by molar-refractivity contribution is -0.136. The average molecular weight is 457 g/mol. The number of nitrogens with zero attached hydrogens (tertiary/aromatic N) is 1. The quantitative estimate of drug-likeness (QED) is 0.352. The van der Waals surface area contributed by atoms with Gasteiger partial charge in [0.25, 0.3) is 0 Å². The van der Waals surface area contributed by atoms with Crippen LogP contribution in [-0.2, 0) is 11.2 Å². The third kappa shape index (κ3) is 4.70. The van der Waals surface area contributed by atoms with Gasteiger partial charge in [-0.3, -0.25) is 4.79 Å². The van der Waals surface area contributed by atoms with Crippen molar-refractivity contribution >= 4 is 17.3 Å². The summed E-state index contributed by atoms with van der Waals surface area (Å²) >= 11 is 1.08. The Bertz CT molecular complexity index is 1200. The van der Waals surface area contributed by atoms with E-state index in [1.165, 1.54) is 24.3 Å². The largest absolute Gasteiger partial charge is 0.481 e. The number of aromatic nitrogens is 1. The van der Waals surface area contributed by atoms with Gasteiger partial charge in [0.1, 0.15) is 28.3 Å². The summed E-state index contributed by atoms with van der Waals surface area (Å²) in [5, 5.41) is 9.77. The predicted molar refractivity (Wildman–Crippen MR) is 113 cm³/mol. The summed E-state index contributed by atoms with van der Waals surface area (Å²) < 4.78 is 54.7. The fourth-order valence-electron chi connectivity index (χ4n) is 3.45. The third-order valence-electron chi connectivity index (χ3n) is 4.82. The van der Waals surface area contributed by atoms with Crippen molar-refractivity contribution in [3.63, 3.8) is 0 Å². The predicted octanol–water partition coefficient (Wildman–Crippen LogP) is 6.17. The van der Waals surface area contributed by atoms with Crippen LogP contribution in [0.4, 0.5) is 17.6 Å². The first-order chi connectivity index (χ1) is 15.3.